The van der Waals surface area contributed by atoms with Crippen LogP contribution in [0.5, 0.6) is 0 Å². The van der Waals surface area contributed by atoms with E-state index in [1.165, 1.54) is 35.2 Å². The normalized spacial score (nSPS) is 14.0. The van der Waals surface area contributed by atoms with Gasteiger partial charge in [-0.2, -0.15) is 0 Å². The first-order valence-electron chi connectivity index (χ1n) is 8.82. The minimum Gasteiger partial charge on any atom is -0.365 e. The second kappa shape index (κ2) is 8.86. The molecule has 3 rings (SSSR count). The molecule has 144 valence electrons. The fourth-order valence-electron chi connectivity index (χ4n) is 3.15. The number of nitrogens with one attached hydrogen (secondary N) is 1. The lowest BCUT2D eigenvalue weighted by Crippen LogP contribution is -2.31. The molecule has 0 fully saturated rings. The zero-order valence-electron chi connectivity index (χ0n) is 15.1. The Morgan fingerprint density at radius 2 is 2.07 bits per heavy atom. The van der Waals surface area contributed by atoms with E-state index in [-0.39, 0.29) is 17.5 Å². The van der Waals surface area contributed by atoms with E-state index in [0.717, 1.165) is 47.8 Å². The summed E-state index contributed by atoms with van der Waals surface area (Å²) in [6.07, 6.45) is 1.85. The maximum atomic E-state index is 12.9. The number of halogens is 1. The number of benzene rings is 1. The molecule has 1 aromatic carbocycles. The fraction of sp³-hybridized carbons (Fsp3) is 0.368. The average molecular weight is 408 g/mol. The van der Waals surface area contributed by atoms with Crippen LogP contribution in [-0.4, -0.2) is 35.6 Å². The predicted molar refractivity (Wildman–Crippen MR) is 108 cm³/mol. The van der Waals surface area contributed by atoms with Crippen molar-refractivity contribution in [2.24, 2.45) is 5.73 Å². The molecule has 27 heavy (non-hydrogen) atoms. The van der Waals surface area contributed by atoms with Gasteiger partial charge in [0.15, 0.2) is 0 Å². The van der Waals surface area contributed by atoms with Crippen molar-refractivity contribution in [3.8, 4) is 0 Å². The zero-order chi connectivity index (χ0) is 19.4. The standard InChI is InChI=1S/C19H22FN3O2S2/c1-2-8-23-9-7-14-15(10-23)27-19(17(14)18(21)25)22-16(24)11-26-13-5-3-12(20)4-6-13/h3-6H,2,7-11H2,1H3,(H2,21,25)(H,22,24). The molecule has 0 aliphatic carbocycles. The minimum atomic E-state index is -0.502. The molecular weight excluding hydrogens is 385 g/mol. The van der Waals surface area contributed by atoms with Gasteiger partial charge >= 0.3 is 0 Å². The van der Waals surface area contributed by atoms with Gasteiger partial charge in [-0.15, -0.1) is 23.1 Å². The van der Waals surface area contributed by atoms with E-state index in [2.05, 4.69) is 17.1 Å². The molecule has 0 radical (unpaired) electrons. The number of amides is 2. The molecule has 1 aromatic heterocycles. The van der Waals surface area contributed by atoms with Gasteiger partial charge < -0.3 is 11.1 Å². The Bertz CT molecular complexity index is 836. The predicted octanol–water partition coefficient (Wildman–Crippen LogP) is 3.49. The Morgan fingerprint density at radius 3 is 2.74 bits per heavy atom. The van der Waals surface area contributed by atoms with E-state index < -0.39 is 5.91 Å². The van der Waals surface area contributed by atoms with Gasteiger partial charge in [-0.3, -0.25) is 14.5 Å². The Labute approximate surface area is 166 Å². The van der Waals surface area contributed by atoms with Crippen LogP contribution in [0.2, 0.25) is 0 Å². The lowest BCUT2D eigenvalue weighted by atomic mass is 10.0. The van der Waals surface area contributed by atoms with Crippen molar-refractivity contribution in [1.29, 1.82) is 0 Å². The molecule has 8 heteroatoms. The molecule has 5 nitrogen and oxygen atoms in total. The molecule has 0 spiro atoms. The van der Waals surface area contributed by atoms with Crippen LogP contribution in [-0.2, 0) is 17.8 Å². The number of hydrogen-bond donors (Lipinski definition) is 2. The van der Waals surface area contributed by atoms with Crippen molar-refractivity contribution in [2.45, 2.75) is 31.2 Å². The second-order valence-corrected chi connectivity index (χ2v) is 8.54. The maximum absolute atomic E-state index is 12.9. The van der Waals surface area contributed by atoms with Gasteiger partial charge in [-0.25, -0.2) is 4.39 Å². The van der Waals surface area contributed by atoms with Crippen LogP contribution >= 0.6 is 23.1 Å². The van der Waals surface area contributed by atoms with Crippen LogP contribution in [0.15, 0.2) is 29.2 Å². The largest absolute Gasteiger partial charge is 0.365 e. The quantitative estimate of drug-likeness (QED) is 0.689. The topological polar surface area (TPSA) is 75.4 Å². The number of hydrogen-bond acceptors (Lipinski definition) is 5. The number of nitrogens with two attached hydrogens (primary N) is 1. The zero-order valence-corrected chi connectivity index (χ0v) is 16.7. The number of thiophene rings is 1. The SMILES string of the molecule is CCCN1CCc2c(sc(NC(=O)CSc3ccc(F)cc3)c2C(N)=O)C1. The Kier molecular flexibility index (Phi) is 6.51. The van der Waals surface area contributed by atoms with Gasteiger partial charge in [-0.05, 0) is 49.2 Å². The fourth-order valence-corrected chi connectivity index (χ4v) is 5.16. The maximum Gasteiger partial charge on any atom is 0.251 e. The molecule has 0 saturated carbocycles. The number of anilines is 1. The summed E-state index contributed by atoms with van der Waals surface area (Å²) in [5.41, 5.74) is 7.02. The molecule has 2 heterocycles. The first-order chi connectivity index (χ1) is 13.0. The molecule has 0 bridgehead atoms. The van der Waals surface area contributed by atoms with Crippen LogP contribution < -0.4 is 11.1 Å². The number of rotatable bonds is 7. The summed E-state index contributed by atoms with van der Waals surface area (Å²) >= 11 is 2.75. The summed E-state index contributed by atoms with van der Waals surface area (Å²) in [5, 5.41) is 3.38. The number of carbonyl (C=O) groups excluding carboxylic acids is 2. The highest BCUT2D eigenvalue weighted by Gasteiger charge is 2.27. The lowest BCUT2D eigenvalue weighted by molar-refractivity contribution is -0.113. The van der Waals surface area contributed by atoms with Crippen molar-refractivity contribution >= 4 is 39.9 Å². The molecule has 0 atom stereocenters. The van der Waals surface area contributed by atoms with E-state index in [0.29, 0.717) is 10.6 Å². The first kappa shape index (κ1) is 19.9. The summed E-state index contributed by atoms with van der Waals surface area (Å²) in [5.74, 6) is -0.848. The van der Waals surface area contributed by atoms with Crippen molar-refractivity contribution in [1.82, 2.24) is 4.90 Å². The summed E-state index contributed by atoms with van der Waals surface area (Å²) in [4.78, 5) is 28.6. The second-order valence-electron chi connectivity index (χ2n) is 6.39. The van der Waals surface area contributed by atoms with E-state index in [1.54, 1.807) is 12.1 Å². The van der Waals surface area contributed by atoms with Gasteiger partial charge in [0.1, 0.15) is 10.8 Å². The molecule has 1 aliphatic heterocycles. The summed E-state index contributed by atoms with van der Waals surface area (Å²) in [6.45, 7) is 4.84. The third-order valence-corrected chi connectivity index (χ3v) is 6.50. The van der Waals surface area contributed by atoms with Crippen LogP contribution in [0.4, 0.5) is 9.39 Å². The monoisotopic (exact) mass is 407 g/mol. The number of primary amides is 1. The summed E-state index contributed by atoms with van der Waals surface area (Å²) < 4.78 is 12.9. The number of nitrogens with zero attached hydrogens (tertiary/aromatic N) is 1. The van der Waals surface area contributed by atoms with Crippen molar-refractivity contribution in [2.75, 3.05) is 24.2 Å². The number of fused-ring (bicyclic) bond motifs is 1. The first-order valence-corrected chi connectivity index (χ1v) is 10.6. The van der Waals surface area contributed by atoms with Crippen LogP contribution in [0.3, 0.4) is 0 Å². The molecular formula is C19H22FN3O2S2. The minimum absolute atomic E-state index is 0.175. The van der Waals surface area contributed by atoms with E-state index >= 15 is 0 Å². The summed E-state index contributed by atoms with van der Waals surface area (Å²) in [6, 6.07) is 5.99. The highest BCUT2D eigenvalue weighted by atomic mass is 32.2. The van der Waals surface area contributed by atoms with E-state index in [9.17, 15) is 14.0 Å². The molecule has 3 N–H and O–H groups in total. The van der Waals surface area contributed by atoms with Crippen molar-refractivity contribution < 1.29 is 14.0 Å². The Balaban J connectivity index is 1.69. The number of thioether (sulfide) groups is 1. The smallest absolute Gasteiger partial charge is 0.251 e. The van der Waals surface area contributed by atoms with E-state index in [4.69, 9.17) is 5.73 Å². The molecule has 0 unspecified atom stereocenters. The van der Waals surface area contributed by atoms with Gasteiger partial charge in [0.2, 0.25) is 5.91 Å². The third kappa shape index (κ3) is 4.88. The summed E-state index contributed by atoms with van der Waals surface area (Å²) in [7, 11) is 0. The molecule has 1 aliphatic rings. The Morgan fingerprint density at radius 1 is 1.33 bits per heavy atom. The van der Waals surface area contributed by atoms with Crippen LogP contribution in [0.25, 0.3) is 0 Å². The van der Waals surface area contributed by atoms with Crippen LogP contribution in [0, 0.1) is 5.82 Å². The molecule has 0 saturated heterocycles. The van der Waals surface area contributed by atoms with E-state index in [1.807, 2.05) is 0 Å². The highest BCUT2D eigenvalue weighted by molar-refractivity contribution is 8.00. The average Bonchev–Trinajstić information content (AvgIpc) is 2.98. The molecule has 2 amide bonds. The highest BCUT2D eigenvalue weighted by Crippen LogP contribution is 2.37. The van der Waals surface area contributed by atoms with Gasteiger partial charge in [0.25, 0.3) is 5.91 Å². The van der Waals surface area contributed by atoms with Gasteiger partial charge in [0, 0.05) is 22.9 Å². The van der Waals surface area contributed by atoms with Crippen molar-refractivity contribution in [3.05, 3.63) is 46.1 Å². The van der Waals surface area contributed by atoms with Gasteiger partial charge in [-0.1, -0.05) is 6.92 Å². The lowest BCUT2D eigenvalue weighted by Gasteiger charge is -2.26. The Hall–Kier alpha value is -1.90. The number of carbonyl (C=O) groups is 2. The third-order valence-electron chi connectivity index (χ3n) is 4.36. The van der Waals surface area contributed by atoms with Crippen molar-refractivity contribution in [3.63, 3.8) is 0 Å². The molecule has 2 aromatic rings. The van der Waals surface area contributed by atoms with Gasteiger partial charge in [0.05, 0.1) is 11.3 Å². The van der Waals surface area contributed by atoms with Crippen LogP contribution in [0.1, 0.15) is 34.1 Å².